The maximum Gasteiger partial charge on any atom is 0.305 e. The van der Waals surface area contributed by atoms with Gasteiger partial charge in [0.1, 0.15) is 0 Å². The number of esters is 1. The molecule has 0 saturated heterocycles. The minimum atomic E-state index is -0.841. The Kier molecular flexibility index (Phi) is 70.4. The normalized spacial score (nSPS) is 12.6. The minimum Gasteiger partial charge on any atom is -0.466 e. The van der Waals surface area contributed by atoms with Crippen molar-refractivity contribution in [1.82, 2.24) is 5.32 Å². The SMILES string of the molecule is CCCCCCCCCCCCCCC/C=C/C(O)C(CO)NC(=O)CCCCCCCCCCCCCCCCCCC/C=C\CCCCCCCCCCCCCCCCCCOC(=O)CCCCCCCCCCCCCCC. The molecule has 0 aromatic heterocycles. The van der Waals surface area contributed by atoms with Gasteiger partial charge in [0.15, 0.2) is 0 Å². The Morgan fingerprint density at radius 3 is 0.866 bits per heavy atom. The summed E-state index contributed by atoms with van der Waals surface area (Å²) in [6, 6.07) is -0.624. The Hall–Kier alpha value is -1.66. The van der Waals surface area contributed by atoms with Gasteiger partial charge in [-0.1, -0.05) is 378 Å². The Labute approximate surface area is 513 Å². The van der Waals surface area contributed by atoms with E-state index in [0.717, 1.165) is 38.5 Å². The van der Waals surface area contributed by atoms with E-state index in [0.29, 0.717) is 19.4 Å². The van der Waals surface area contributed by atoms with E-state index in [1.165, 1.54) is 360 Å². The molecule has 0 aromatic carbocycles. The molecular weight excluding hydrogens is 1010 g/mol. The zero-order chi connectivity index (χ0) is 59.2. The summed E-state index contributed by atoms with van der Waals surface area (Å²) < 4.78 is 5.49. The molecule has 0 radical (unpaired) electrons. The summed E-state index contributed by atoms with van der Waals surface area (Å²) in [5.74, 6) is -0.0377. The monoisotopic (exact) mass is 1150 g/mol. The second-order valence-corrected chi connectivity index (χ2v) is 26.0. The maximum atomic E-state index is 12.5. The number of aliphatic hydroxyl groups excluding tert-OH is 2. The third-order valence-electron chi connectivity index (χ3n) is 17.7. The first kappa shape index (κ1) is 80.3. The molecule has 0 bridgehead atoms. The van der Waals surface area contributed by atoms with E-state index in [4.69, 9.17) is 4.74 Å². The van der Waals surface area contributed by atoms with Crippen molar-refractivity contribution < 1.29 is 24.5 Å². The highest BCUT2D eigenvalue weighted by Crippen LogP contribution is 2.19. The van der Waals surface area contributed by atoms with Gasteiger partial charge in [-0.3, -0.25) is 9.59 Å². The quantitative estimate of drug-likeness (QED) is 0.0320. The summed E-state index contributed by atoms with van der Waals surface area (Å²) in [4.78, 5) is 24.5. The van der Waals surface area contributed by atoms with Crippen LogP contribution in [0, 0.1) is 0 Å². The Morgan fingerprint density at radius 1 is 0.329 bits per heavy atom. The predicted octanol–water partition coefficient (Wildman–Crippen LogP) is 24.5. The average Bonchev–Trinajstić information content (AvgIpc) is 3.48. The average molecular weight is 1160 g/mol. The van der Waals surface area contributed by atoms with Gasteiger partial charge in [0.05, 0.1) is 25.4 Å². The first-order chi connectivity index (χ1) is 40.5. The number of ether oxygens (including phenoxy) is 1. The Bertz CT molecular complexity index is 1280. The number of hydrogen-bond acceptors (Lipinski definition) is 5. The van der Waals surface area contributed by atoms with Crippen LogP contribution in [0.1, 0.15) is 425 Å². The molecule has 0 spiro atoms. The van der Waals surface area contributed by atoms with Gasteiger partial charge in [0.25, 0.3) is 0 Å². The molecule has 0 rings (SSSR count). The smallest absolute Gasteiger partial charge is 0.305 e. The third-order valence-corrected chi connectivity index (χ3v) is 17.7. The molecule has 0 aromatic rings. The standard InChI is InChI=1S/C76H147NO5/c1-3-5-7-9-11-13-15-17-41-45-48-52-56-60-64-68-74(79)73(72-78)77-75(80)69-65-61-57-53-49-46-42-39-37-35-33-31-29-27-25-23-21-19-18-20-22-24-26-28-30-32-34-36-38-40-43-47-51-55-59-63-67-71-82-76(81)70-66-62-58-54-50-44-16-14-12-10-8-6-4-2/h18,20,64,68,73-74,78-79H,3-17,19,21-63,65-67,69-72H2,1-2H3,(H,77,80)/b20-18-,68-64+. The summed E-state index contributed by atoms with van der Waals surface area (Å²) in [5, 5.41) is 23.2. The van der Waals surface area contributed by atoms with E-state index >= 15 is 0 Å². The number of unbranched alkanes of at least 4 members (excludes halogenated alkanes) is 58. The topological polar surface area (TPSA) is 95.9 Å². The molecule has 2 unspecified atom stereocenters. The summed E-state index contributed by atoms with van der Waals surface area (Å²) in [6.07, 6.45) is 91.5. The van der Waals surface area contributed by atoms with Crippen LogP contribution in [0.15, 0.2) is 24.3 Å². The summed E-state index contributed by atoms with van der Waals surface area (Å²) in [5.41, 5.74) is 0. The fourth-order valence-corrected chi connectivity index (χ4v) is 12.0. The van der Waals surface area contributed by atoms with Gasteiger partial charge >= 0.3 is 5.97 Å². The lowest BCUT2D eigenvalue weighted by molar-refractivity contribution is -0.143. The summed E-state index contributed by atoms with van der Waals surface area (Å²) in [7, 11) is 0. The van der Waals surface area contributed by atoms with Crippen molar-refractivity contribution in [2.45, 2.75) is 437 Å². The van der Waals surface area contributed by atoms with E-state index in [9.17, 15) is 19.8 Å². The lowest BCUT2D eigenvalue weighted by Crippen LogP contribution is -2.45. The molecule has 1 amide bonds. The molecule has 0 saturated carbocycles. The molecule has 82 heavy (non-hydrogen) atoms. The number of aliphatic hydroxyl groups is 2. The van der Waals surface area contributed by atoms with Gasteiger partial charge in [-0.15, -0.1) is 0 Å². The van der Waals surface area contributed by atoms with Gasteiger partial charge in [0, 0.05) is 12.8 Å². The Morgan fingerprint density at radius 2 is 0.573 bits per heavy atom. The largest absolute Gasteiger partial charge is 0.466 e. The van der Waals surface area contributed by atoms with E-state index in [-0.39, 0.29) is 18.5 Å². The van der Waals surface area contributed by atoms with Crippen molar-refractivity contribution in [3.8, 4) is 0 Å². The number of nitrogens with one attached hydrogen (secondary N) is 1. The molecule has 0 aliphatic heterocycles. The lowest BCUT2D eigenvalue weighted by atomic mass is 10.0. The number of hydrogen-bond donors (Lipinski definition) is 3. The second-order valence-electron chi connectivity index (χ2n) is 26.0. The summed E-state index contributed by atoms with van der Waals surface area (Å²) >= 11 is 0. The molecule has 0 fully saturated rings. The molecule has 6 nitrogen and oxygen atoms in total. The van der Waals surface area contributed by atoms with Gasteiger partial charge in [0.2, 0.25) is 5.91 Å². The highest BCUT2D eigenvalue weighted by Gasteiger charge is 2.18. The molecule has 6 heteroatoms. The fraction of sp³-hybridized carbons (Fsp3) is 0.921. The number of amides is 1. The zero-order valence-electron chi connectivity index (χ0n) is 55.8. The van der Waals surface area contributed by atoms with Gasteiger partial charge < -0.3 is 20.3 Å². The third kappa shape index (κ3) is 67.5. The van der Waals surface area contributed by atoms with E-state index in [1.54, 1.807) is 6.08 Å². The van der Waals surface area contributed by atoms with Crippen LogP contribution < -0.4 is 5.32 Å². The van der Waals surface area contributed by atoms with Crippen molar-refractivity contribution in [2.75, 3.05) is 13.2 Å². The first-order valence-corrected chi connectivity index (χ1v) is 37.6. The molecular formula is C76H147NO5. The van der Waals surface area contributed by atoms with E-state index in [1.807, 2.05) is 6.08 Å². The molecule has 3 N–H and O–H groups in total. The van der Waals surface area contributed by atoms with Crippen LogP contribution in [0.25, 0.3) is 0 Å². The number of carbonyl (C=O) groups excluding carboxylic acids is 2. The molecule has 0 aliphatic carbocycles. The van der Waals surface area contributed by atoms with Gasteiger partial charge in [-0.05, 0) is 57.8 Å². The molecule has 2 atom stereocenters. The maximum absolute atomic E-state index is 12.5. The van der Waals surface area contributed by atoms with Crippen LogP contribution in [0.2, 0.25) is 0 Å². The minimum absolute atomic E-state index is 0.0235. The number of carbonyl (C=O) groups is 2. The fourth-order valence-electron chi connectivity index (χ4n) is 12.0. The van der Waals surface area contributed by atoms with Crippen LogP contribution in [-0.2, 0) is 14.3 Å². The van der Waals surface area contributed by atoms with Crippen molar-refractivity contribution in [1.29, 1.82) is 0 Å². The molecule has 0 aliphatic rings. The van der Waals surface area contributed by atoms with Crippen LogP contribution in [0.3, 0.4) is 0 Å². The Balaban J connectivity index is 3.33. The van der Waals surface area contributed by atoms with Gasteiger partial charge in [-0.2, -0.15) is 0 Å². The van der Waals surface area contributed by atoms with Crippen molar-refractivity contribution >= 4 is 11.9 Å². The van der Waals surface area contributed by atoms with Crippen LogP contribution in [0.4, 0.5) is 0 Å². The van der Waals surface area contributed by atoms with Crippen LogP contribution in [0.5, 0.6) is 0 Å². The number of rotatable bonds is 71. The zero-order valence-corrected chi connectivity index (χ0v) is 55.8. The molecule has 0 heterocycles. The van der Waals surface area contributed by atoms with E-state index in [2.05, 4.69) is 31.3 Å². The van der Waals surface area contributed by atoms with Crippen molar-refractivity contribution in [3.63, 3.8) is 0 Å². The second kappa shape index (κ2) is 71.8. The highest BCUT2D eigenvalue weighted by molar-refractivity contribution is 5.76. The first-order valence-electron chi connectivity index (χ1n) is 37.6. The lowest BCUT2D eigenvalue weighted by Gasteiger charge is -2.20. The van der Waals surface area contributed by atoms with Crippen LogP contribution >= 0.6 is 0 Å². The number of allylic oxidation sites excluding steroid dienone is 3. The summed E-state index contributed by atoms with van der Waals surface area (Å²) in [6.45, 7) is 4.94. The predicted molar refractivity (Wildman–Crippen MR) is 361 cm³/mol. The van der Waals surface area contributed by atoms with Crippen LogP contribution in [-0.4, -0.2) is 47.4 Å². The van der Waals surface area contributed by atoms with E-state index < -0.39 is 12.1 Å². The highest BCUT2D eigenvalue weighted by atomic mass is 16.5. The molecule has 486 valence electrons. The van der Waals surface area contributed by atoms with Crippen molar-refractivity contribution in [3.05, 3.63) is 24.3 Å². The van der Waals surface area contributed by atoms with Crippen molar-refractivity contribution in [2.24, 2.45) is 0 Å². The van der Waals surface area contributed by atoms with Gasteiger partial charge in [-0.25, -0.2) is 0 Å².